The van der Waals surface area contributed by atoms with Crippen molar-refractivity contribution in [3.63, 3.8) is 0 Å². The lowest BCUT2D eigenvalue weighted by Gasteiger charge is -2.05. The highest BCUT2D eigenvalue weighted by Gasteiger charge is 2.08. The van der Waals surface area contributed by atoms with Crippen LogP contribution in [0.4, 0.5) is 5.82 Å². The minimum absolute atomic E-state index is 0.176. The first-order valence-electron chi connectivity index (χ1n) is 5.72. The van der Waals surface area contributed by atoms with E-state index in [4.69, 9.17) is 10.8 Å². The molecule has 0 aliphatic carbocycles. The predicted octanol–water partition coefficient (Wildman–Crippen LogP) is 1.69. The zero-order chi connectivity index (χ0) is 12.3. The zero-order valence-electron chi connectivity index (χ0n) is 9.93. The number of benzene rings is 1. The largest absolute Gasteiger partial charge is 0.396 e. The molecule has 0 bridgehead atoms. The predicted molar refractivity (Wildman–Crippen MR) is 68.1 cm³/mol. The molecule has 90 valence electrons. The fraction of sp³-hybridized carbons (Fsp3) is 0.308. The summed E-state index contributed by atoms with van der Waals surface area (Å²) in [5.41, 5.74) is 9.18. The summed E-state index contributed by atoms with van der Waals surface area (Å²) in [5, 5.41) is 13.1. The first-order chi connectivity index (χ1) is 8.22. The summed E-state index contributed by atoms with van der Waals surface area (Å²) >= 11 is 0. The number of aromatic nitrogens is 2. The Morgan fingerprint density at radius 2 is 2.24 bits per heavy atom. The molecule has 0 amide bonds. The van der Waals surface area contributed by atoms with Crippen molar-refractivity contribution >= 4 is 5.82 Å². The van der Waals surface area contributed by atoms with Gasteiger partial charge >= 0.3 is 0 Å². The third kappa shape index (κ3) is 2.47. The number of aryl methyl sites for hydroxylation is 2. The topological polar surface area (TPSA) is 64.1 Å². The fourth-order valence-corrected chi connectivity index (χ4v) is 1.82. The molecule has 1 aromatic carbocycles. The van der Waals surface area contributed by atoms with Crippen molar-refractivity contribution in [3.05, 3.63) is 41.6 Å². The smallest absolute Gasteiger partial charge is 0.130 e. The van der Waals surface area contributed by atoms with Gasteiger partial charge in [0.25, 0.3) is 0 Å². The normalized spacial score (nSPS) is 10.7. The lowest BCUT2D eigenvalue weighted by atomic mass is 10.2. The molecular weight excluding hydrogens is 214 g/mol. The number of nitrogen functional groups attached to an aromatic ring is 1. The Bertz CT molecular complexity index is 505. The van der Waals surface area contributed by atoms with E-state index in [0.717, 1.165) is 17.7 Å². The molecule has 1 heterocycles. The number of rotatable bonds is 4. The molecule has 0 aliphatic heterocycles. The van der Waals surface area contributed by atoms with Crippen molar-refractivity contribution in [2.75, 3.05) is 12.3 Å². The van der Waals surface area contributed by atoms with Gasteiger partial charge in [-0.2, -0.15) is 5.10 Å². The van der Waals surface area contributed by atoms with Crippen molar-refractivity contribution in [3.8, 4) is 5.69 Å². The molecule has 0 radical (unpaired) electrons. The molecule has 17 heavy (non-hydrogen) atoms. The molecular formula is C13H17N3O. The maximum Gasteiger partial charge on any atom is 0.130 e. The molecule has 0 unspecified atom stereocenters. The SMILES string of the molecule is Cc1cccc(-n2ncc(CCCO)c2N)c1. The molecule has 0 atom stereocenters. The summed E-state index contributed by atoms with van der Waals surface area (Å²) < 4.78 is 1.74. The summed E-state index contributed by atoms with van der Waals surface area (Å²) in [6.07, 6.45) is 3.24. The number of aliphatic hydroxyl groups excluding tert-OH is 1. The van der Waals surface area contributed by atoms with Crippen LogP contribution in [0.2, 0.25) is 0 Å². The van der Waals surface area contributed by atoms with Gasteiger partial charge in [-0.1, -0.05) is 12.1 Å². The second kappa shape index (κ2) is 5.01. The van der Waals surface area contributed by atoms with E-state index in [1.54, 1.807) is 10.9 Å². The lowest BCUT2D eigenvalue weighted by molar-refractivity contribution is 0.288. The number of hydrogen-bond acceptors (Lipinski definition) is 3. The zero-order valence-corrected chi connectivity index (χ0v) is 9.93. The standard InChI is InChI=1S/C13H17N3O/c1-10-4-2-6-12(8-10)16-13(14)11(9-15-16)5-3-7-17/h2,4,6,8-9,17H,3,5,7,14H2,1H3. The Hall–Kier alpha value is -1.81. The Morgan fingerprint density at radius 1 is 1.41 bits per heavy atom. The van der Waals surface area contributed by atoms with Crippen LogP contribution >= 0.6 is 0 Å². The van der Waals surface area contributed by atoms with Crippen LogP contribution < -0.4 is 5.73 Å². The summed E-state index contributed by atoms with van der Waals surface area (Å²) in [5.74, 6) is 0.657. The van der Waals surface area contributed by atoms with E-state index in [9.17, 15) is 0 Å². The van der Waals surface area contributed by atoms with E-state index < -0.39 is 0 Å². The van der Waals surface area contributed by atoms with Gasteiger partial charge in [-0.05, 0) is 37.5 Å². The Labute approximate surface area is 101 Å². The van der Waals surface area contributed by atoms with Crippen LogP contribution in [0.5, 0.6) is 0 Å². The van der Waals surface area contributed by atoms with Crippen LogP contribution in [0.3, 0.4) is 0 Å². The van der Waals surface area contributed by atoms with Crippen LogP contribution in [0, 0.1) is 6.92 Å². The molecule has 0 aliphatic rings. The van der Waals surface area contributed by atoms with Crippen molar-refractivity contribution < 1.29 is 5.11 Å². The van der Waals surface area contributed by atoms with E-state index in [1.165, 1.54) is 5.56 Å². The molecule has 4 heteroatoms. The summed E-state index contributed by atoms with van der Waals surface area (Å²) in [6.45, 7) is 2.21. The highest BCUT2D eigenvalue weighted by Crippen LogP contribution is 2.18. The van der Waals surface area contributed by atoms with Gasteiger partial charge < -0.3 is 10.8 Å². The van der Waals surface area contributed by atoms with E-state index in [2.05, 4.69) is 5.10 Å². The van der Waals surface area contributed by atoms with Crippen molar-refractivity contribution in [2.24, 2.45) is 0 Å². The minimum atomic E-state index is 0.176. The molecule has 0 saturated heterocycles. The number of anilines is 1. The van der Waals surface area contributed by atoms with Crippen molar-refractivity contribution in [2.45, 2.75) is 19.8 Å². The van der Waals surface area contributed by atoms with Gasteiger partial charge in [-0.3, -0.25) is 0 Å². The first kappa shape index (κ1) is 11.7. The molecule has 0 saturated carbocycles. The van der Waals surface area contributed by atoms with Crippen molar-refractivity contribution in [1.82, 2.24) is 9.78 Å². The minimum Gasteiger partial charge on any atom is -0.396 e. The third-order valence-corrected chi connectivity index (χ3v) is 2.74. The van der Waals surface area contributed by atoms with Crippen LogP contribution in [0.1, 0.15) is 17.5 Å². The molecule has 4 nitrogen and oxygen atoms in total. The van der Waals surface area contributed by atoms with Gasteiger partial charge in [0.15, 0.2) is 0 Å². The molecule has 3 N–H and O–H groups in total. The molecule has 0 spiro atoms. The van der Waals surface area contributed by atoms with Gasteiger partial charge in [-0.25, -0.2) is 4.68 Å². The number of nitrogens with zero attached hydrogens (tertiary/aromatic N) is 2. The maximum atomic E-state index is 8.81. The summed E-state index contributed by atoms with van der Waals surface area (Å²) in [6, 6.07) is 8.04. The maximum absolute atomic E-state index is 8.81. The van der Waals surface area contributed by atoms with E-state index in [-0.39, 0.29) is 6.61 Å². The molecule has 0 fully saturated rings. The first-order valence-corrected chi connectivity index (χ1v) is 5.72. The van der Waals surface area contributed by atoms with Crippen LogP contribution in [0.25, 0.3) is 5.69 Å². The Balaban J connectivity index is 2.30. The van der Waals surface area contributed by atoms with Gasteiger partial charge in [0.05, 0.1) is 11.9 Å². The summed E-state index contributed by atoms with van der Waals surface area (Å²) in [7, 11) is 0. The second-order valence-corrected chi connectivity index (χ2v) is 4.13. The van der Waals surface area contributed by atoms with E-state index >= 15 is 0 Å². The Morgan fingerprint density at radius 3 is 2.94 bits per heavy atom. The van der Waals surface area contributed by atoms with Crippen LogP contribution in [-0.2, 0) is 6.42 Å². The quantitative estimate of drug-likeness (QED) is 0.841. The lowest BCUT2D eigenvalue weighted by Crippen LogP contribution is -2.03. The van der Waals surface area contributed by atoms with Gasteiger partial charge in [-0.15, -0.1) is 0 Å². The fourth-order valence-electron chi connectivity index (χ4n) is 1.82. The highest BCUT2D eigenvalue weighted by atomic mass is 16.2. The monoisotopic (exact) mass is 231 g/mol. The Kier molecular flexibility index (Phi) is 3.44. The second-order valence-electron chi connectivity index (χ2n) is 4.13. The molecule has 1 aromatic heterocycles. The molecule has 2 aromatic rings. The summed E-state index contributed by atoms with van der Waals surface area (Å²) in [4.78, 5) is 0. The molecule has 2 rings (SSSR count). The van der Waals surface area contributed by atoms with E-state index in [0.29, 0.717) is 12.2 Å². The highest BCUT2D eigenvalue weighted by molar-refractivity contribution is 5.47. The van der Waals surface area contributed by atoms with Gasteiger partial charge in [0, 0.05) is 12.2 Å². The average molecular weight is 231 g/mol. The van der Waals surface area contributed by atoms with Gasteiger partial charge in [0.2, 0.25) is 0 Å². The van der Waals surface area contributed by atoms with Gasteiger partial charge in [0.1, 0.15) is 5.82 Å². The van der Waals surface area contributed by atoms with E-state index in [1.807, 2.05) is 31.2 Å². The van der Waals surface area contributed by atoms with Crippen LogP contribution in [-0.4, -0.2) is 21.5 Å². The number of hydrogen-bond donors (Lipinski definition) is 2. The van der Waals surface area contributed by atoms with Crippen molar-refractivity contribution in [1.29, 1.82) is 0 Å². The third-order valence-electron chi connectivity index (χ3n) is 2.74. The average Bonchev–Trinajstić information content (AvgIpc) is 2.68. The number of aliphatic hydroxyl groups is 1. The number of nitrogens with two attached hydrogens (primary N) is 1. The van der Waals surface area contributed by atoms with Crippen LogP contribution in [0.15, 0.2) is 30.5 Å².